The van der Waals surface area contributed by atoms with E-state index in [0.717, 1.165) is 16.7 Å². The fourth-order valence-electron chi connectivity index (χ4n) is 3.14. The van der Waals surface area contributed by atoms with Gasteiger partial charge in [-0.15, -0.1) is 0 Å². The number of carbonyl (C=O) groups excluding carboxylic acids is 2. The lowest BCUT2D eigenvalue weighted by Crippen LogP contribution is -2.15. The Labute approximate surface area is 179 Å². The molecule has 3 aromatic carbocycles. The molecule has 154 valence electrons. The zero-order valence-corrected chi connectivity index (χ0v) is 17.2. The number of rotatable bonds is 5. The molecule has 0 aliphatic heterocycles. The number of hydrogen-bond acceptors (Lipinski definition) is 4. The van der Waals surface area contributed by atoms with E-state index < -0.39 is 0 Å². The summed E-state index contributed by atoms with van der Waals surface area (Å²) in [6.07, 6.45) is 0. The second-order valence-electron chi connectivity index (χ2n) is 7.20. The molecule has 6 heteroatoms. The Morgan fingerprint density at radius 3 is 2.16 bits per heavy atom. The molecule has 0 bridgehead atoms. The normalized spacial score (nSPS) is 10.5. The van der Waals surface area contributed by atoms with Crippen LogP contribution >= 0.6 is 0 Å². The maximum Gasteiger partial charge on any atom is 0.277 e. The summed E-state index contributed by atoms with van der Waals surface area (Å²) in [4.78, 5) is 25.0. The van der Waals surface area contributed by atoms with E-state index >= 15 is 0 Å². The van der Waals surface area contributed by atoms with E-state index in [1.54, 1.807) is 37.3 Å². The Hall–Kier alpha value is -4.19. The molecule has 2 amide bonds. The van der Waals surface area contributed by atoms with Crippen LogP contribution in [-0.4, -0.2) is 17.0 Å². The summed E-state index contributed by atoms with van der Waals surface area (Å²) in [5.74, 6) is -0.0473. The highest BCUT2D eigenvalue weighted by Gasteiger charge is 2.13. The Balaban J connectivity index is 1.47. The van der Waals surface area contributed by atoms with Crippen LogP contribution in [0.5, 0.6) is 0 Å². The molecule has 0 aliphatic carbocycles. The molecule has 1 heterocycles. The Kier molecular flexibility index (Phi) is 5.62. The molecule has 4 rings (SSSR count). The zero-order chi connectivity index (χ0) is 21.8. The van der Waals surface area contributed by atoms with Crippen molar-refractivity contribution in [3.8, 4) is 11.1 Å². The van der Waals surface area contributed by atoms with Gasteiger partial charge in [0.15, 0.2) is 5.69 Å². The van der Waals surface area contributed by atoms with E-state index in [1.807, 2.05) is 55.5 Å². The first-order valence-electron chi connectivity index (χ1n) is 9.82. The van der Waals surface area contributed by atoms with E-state index in [4.69, 9.17) is 4.52 Å². The van der Waals surface area contributed by atoms with Crippen molar-refractivity contribution >= 4 is 23.2 Å². The average Bonchev–Trinajstić information content (AvgIpc) is 3.23. The Bertz CT molecular complexity index is 1230. The van der Waals surface area contributed by atoms with E-state index in [0.29, 0.717) is 22.7 Å². The number of benzene rings is 3. The van der Waals surface area contributed by atoms with Gasteiger partial charge in [-0.05, 0) is 54.8 Å². The molecule has 4 aromatic rings. The van der Waals surface area contributed by atoms with Crippen molar-refractivity contribution in [1.29, 1.82) is 0 Å². The maximum atomic E-state index is 12.7. The second-order valence-corrected chi connectivity index (χ2v) is 7.20. The van der Waals surface area contributed by atoms with Gasteiger partial charge in [0.05, 0.1) is 0 Å². The minimum absolute atomic E-state index is 0.199. The summed E-state index contributed by atoms with van der Waals surface area (Å²) in [5, 5.41) is 9.41. The van der Waals surface area contributed by atoms with Crippen molar-refractivity contribution in [2.45, 2.75) is 13.8 Å². The highest BCUT2D eigenvalue weighted by molar-refractivity contribution is 6.06. The molecule has 1 aromatic heterocycles. The van der Waals surface area contributed by atoms with Gasteiger partial charge in [0.1, 0.15) is 5.76 Å². The van der Waals surface area contributed by atoms with Crippen molar-refractivity contribution in [2.75, 3.05) is 10.6 Å². The smallest absolute Gasteiger partial charge is 0.277 e. The third kappa shape index (κ3) is 4.70. The Morgan fingerprint density at radius 1 is 0.774 bits per heavy atom. The number of anilines is 2. The van der Waals surface area contributed by atoms with Crippen molar-refractivity contribution in [1.82, 2.24) is 5.16 Å². The molecule has 0 aliphatic rings. The molecule has 2 N–H and O–H groups in total. The fraction of sp³-hybridized carbons (Fsp3) is 0.0800. The first kappa shape index (κ1) is 20.1. The molecule has 0 spiro atoms. The molecular formula is C25H21N3O3. The van der Waals surface area contributed by atoms with E-state index in [-0.39, 0.29) is 17.5 Å². The summed E-state index contributed by atoms with van der Waals surface area (Å²) < 4.78 is 4.95. The van der Waals surface area contributed by atoms with Gasteiger partial charge >= 0.3 is 0 Å². The number of nitrogens with zero attached hydrogens (tertiary/aromatic N) is 1. The predicted octanol–water partition coefficient (Wildman–Crippen LogP) is 5.46. The average molecular weight is 411 g/mol. The highest BCUT2D eigenvalue weighted by Crippen LogP contribution is 2.23. The summed E-state index contributed by atoms with van der Waals surface area (Å²) in [6.45, 7) is 3.59. The van der Waals surface area contributed by atoms with Crippen LogP contribution < -0.4 is 10.6 Å². The van der Waals surface area contributed by atoms with Gasteiger partial charge in [-0.2, -0.15) is 0 Å². The lowest BCUT2D eigenvalue weighted by molar-refractivity contribution is 0.101. The van der Waals surface area contributed by atoms with E-state index in [2.05, 4.69) is 15.8 Å². The van der Waals surface area contributed by atoms with Crippen LogP contribution in [0.1, 0.15) is 32.2 Å². The van der Waals surface area contributed by atoms with Gasteiger partial charge in [-0.3, -0.25) is 9.59 Å². The minimum Gasteiger partial charge on any atom is -0.361 e. The molecule has 0 radical (unpaired) electrons. The maximum absolute atomic E-state index is 12.7. The van der Waals surface area contributed by atoms with Crippen LogP contribution in [0.2, 0.25) is 0 Å². The van der Waals surface area contributed by atoms with Crippen molar-refractivity contribution in [3.05, 3.63) is 101 Å². The second kappa shape index (κ2) is 8.67. The van der Waals surface area contributed by atoms with Gasteiger partial charge in [0, 0.05) is 23.0 Å². The number of hydrogen-bond donors (Lipinski definition) is 2. The monoisotopic (exact) mass is 411 g/mol. The van der Waals surface area contributed by atoms with E-state index in [1.165, 1.54) is 0 Å². The molecule has 31 heavy (non-hydrogen) atoms. The summed E-state index contributed by atoms with van der Waals surface area (Å²) in [5.41, 5.74) is 4.90. The Morgan fingerprint density at radius 2 is 1.48 bits per heavy atom. The van der Waals surface area contributed by atoms with Gasteiger partial charge in [-0.1, -0.05) is 53.7 Å². The highest BCUT2D eigenvalue weighted by atomic mass is 16.5. The molecule has 0 fully saturated rings. The molecular weight excluding hydrogens is 390 g/mol. The molecule has 0 saturated heterocycles. The van der Waals surface area contributed by atoms with Crippen LogP contribution in [0.15, 0.2) is 83.4 Å². The van der Waals surface area contributed by atoms with Gasteiger partial charge in [0.2, 0.25) is 0 Å². The lowest BCUT2D eigenvalue weighted by atomic mass is 10.0. The van der Waals surface area contributed by atoms with Gasteiger partial charge < -0.3 is 15.2 Å². The topological polar surface area (TPSA) is 84.2 Å². The van der Waals surface area contributed by atoms with Gasteiger partial charge in [0.25, 0.3) is 11.8 Å². The molecule has 6 nitrogen and oxygen atoms in total. The minimum atomic E-state index is -0.375. The van der Waals surface area contributed by atoms with Crippen molar-refractivity contribution in [3.63, 3.8) is 0 Å². The van der Waals surface area contributed by atoms with Crippen LogP contribution in [0, 0.1) is 13.8 Å². The van der Waals surface area contributed by atoms with Crippen molar-refractivity contribution in [2.24, 2.45) is 0 Å². The number of carbonyl (C=O) groups is 2. The molecule has 0 saturated carbocycles. The van der Waals surface area contributed by atoms with Gasteiger partial charge in [-0.25, -0.2) is 0 Å². The summed E-state index contributed by atoms with van der Waals surface area (Å²) in [6, 6.07) is 24.3. The molecule has 0 atom stereocenters. The SMILES string of the molecule is Cc1cc(C(=O)Nc2cc(NC(=O)c3ccc(-c4ccccc4)cc3)ccc2C)no1. The van der Waals surface area contributed by atoms with Crippen LogP contribution in [-0.2, 0) is 0 Å². The standard InChI is InChI=1S/C25H21N3O3/c1-16-8-13-21(15-22(16)27-25(30)23-14-17(2)31-28-23)26-24(29)20-11-9-19(10-12-20)18-6-4-3-5-7-18/h3-15H,1-2H3,(H,26,29)(H,27,30). The van der Waals surface area contributed by atoms with Crippen LogP contribution in [0.3, 0.4) is 0 Å². The predicted molar refractivity (Wildman–Crippen MR) is 120 cm³/mol. The third-order valence-corrected chi connectivity index (χ3v) is 4.86. The van der Waals surface area contributed by atoms with E-state index in [9.17, 15) is 9.59 Å². The quantitative estimate of drug-likeness (QED) is 0.456. The largest absolute Gasteiger partial charge is 0.361 e. The summed E-state index contributed by atoms with van der Waals surface area (Å²) in [7, 11) is 0. The van der Waals surface area contributed by atoms with Crippen LogP contribution in [0.4, 0.5) is 11.4 Å². The number of amides is 2. The fourth-order valence-corrected chi connectivity index (χ4v) is 3.14. The molecule has 0 unspecified atom stereocenters. The first-order chi connectivity index (χ1) is 15.0. The lowest BCUT2D eigenvalue weighted by Gasteiger charge is -2.11. The number of nitrogens with one attached hydrogen (secondary N) is 2. The first-order valence-corrected chi connectivity index (χ1v) is 9.82. The summed E-state index contributed by atoms with van der Waals surface area (Å²) >= 11 is 0. The number of aromatic nitrogens is 1. The number of aryl methyl sites for hydroxylation is 2. The van der Waals surface area contributed by atoms with Crippen molar-refractivity contribution < 1.29 is 14.1 Å². The van der Waals surface area contributed by atoms with Crippen LogP contribution in [0.25, 0.3) is 11.1 Å². The third-order valence-electron chi connectivity index (χ3n) is 4.86. The zero-order valence-electron chi connectivity index (χ0n) is 17.2.